The lowest BCUT2D eigenvalue weighted by Crippen LogP contribution is -2.15. The molecule has 5 heteroatoms. The molecule has 1 fully saturated rings. The molecule has 1 aliphatic rings. The Balaban J connectivity index is 1.70. The van der Waals surface area contributed by atoms with Gasteiger partial charge in [0, 0.05) is 17.1 Å². The van der Waals surface area contributed by atoms with E-state index in [1.165, 1.54) is 24.5 Å². The molecule has 1 N–H and O–H groups in total. The van der Waals surface area contributed by atoms with Crippen molar-refractivity contribution in [2.45, 2.75) is 25.4 Å². The molecular formula is C16H14Br2FNO. The van der Waals surface area contributed by atoms with Crippen LogP contribution in [0.3, 0.4) is 0 Å². The smallest absolute Gasteiger partial charge is 0.137 e. The van der Waals surface area contributed by atoms with Crippen LogP contribution < -0.4 is 10.1 Å². The first-order valence-electron chi connectivity index (χ1n) is 6.76. The lowest BCUT2D eigenvalue weighted by Gasteiger charge is -2.10. The van der Waals surface area contributed by atoms with Gasteiger partial charge in [-0.15, -0.1) is 0 Å². The van der Waals surface area contributed by atoms with Crippen LogP contribution in [0.2, 0.25) is 0 Å². The van der Waals surface area contributed by atoms with Gasteiger partial charge in [-0.1, -0.05) is 22.0 Å². The Morgan fingerprint density at radius 1 is 1.05 bits per heavy atom. The molecule has 2 nitrogen and oxygen atoms in total. The number of nitrogens with one attached hydrogen (secondary N) is 1. The summed E-state index contributed by atoms with van der Waals surface area (Å²) in [5, 5.41) is 3.48. The second-order valence-electron chi connectivity index (χ2n) is 5.09. The minimum atomic E-state index is -0.301. The van der Waals surface area contributed by atoms with Crippen LogP contribution in [0.25, 0.3) is 0 Å². The summed E-state index contributed by atoms with van der Waals surface area (Å²) < 4.78 is 20.3. The van der Waals surface area contributed by atoms with Gasteiger partial charge in [0.2, 0.25) is 0 Å². The maximum absolute atomic E-state index is 13.2. The van der Waals surface area contributed by atoms with Gasteiger partial charge in [-0.05, 0) is 64.7 Å². The van der Waals surface area contributed by atoms with Gasteiger partial charge < -0.3 is 10.1 Å². The third-order valence-electron chi connectivity index (χ3n) is 3.31. The van der Waals surface area contributed by atoms with E-state index in [9.17, 15) is 4.39 Å². The van der Waals surface area contributed by atoms with Crippen molar-refractivity contribution in [3.63, 3.8) is 0 Å². The number of rotatable bonds is 5. The van der Waals surface area contributed by atoms with Crippen molar-refractivity contribution >= 4 is 31.9 Å². The van der Waals surface area contributed by atoms with Crippen LogP contribution >= 0.6 is 31.9 Å². The fraction of sp³-hybridized carbons (Fsp3) is 0.250. The first kappa shape index (κ1) is 15.0. The lowest BCUT2D eigenvalue weighted by atomic mass is 10.2. The van der Waals surface area contributed by atoms with Gasteiger partial charge >= 0.3 is 0 Å². The number of hydrogen-bond acceptors (Lipinski definition) is 2. The van der Waals surface area contributed by atoms with Crippen molar-refractivity contribution in [1.82, 2.24) is 5.32 Å². The monoisotopic (exact) mass is 413 g/mol. The quantitative estimate of drug-likeness (QED) is 0.707. The average Bonchev–Trinajstić information content (AvgIpc) is 3.26. The molecule has 0 spiro atoms. The summed E-state index contributed by atoms with van der Waals surface area (Å²) in [6, 6.07) is 11.2. The van der Waals surface area contributed by atoms with Crippen molar-refractivity contribution in [2.75, 3.05) is 0 Å². The van der Waals surface area contributed by atoms with Crippen molar-refractivity contribution in [2.24, 2.45) is 0 Å². The third kappa shape index (κ3) is 4.05. The zero-order valence-electron chi connectivity index (χ0n) is 11.2. The van der Waals surface area contributed by atoms with E-state index in [0.717, 1.165) is 16.8 Å². The van der Waals surface area contributed by atoms with Crippen molar-refractivity contribution in [3.05, 3.63) is 56.7 Å². The Hall–Kier alpha value is -0.910. The zero-order valence-corrected chi connectivity index (χ0v) is 14.4. The largest absolute Gasteiger partial charge is 0.457 e. The molecule has 0 aliphatic heterocycles. The predicted octanol–water partition coefficient (Wildman–Crippen LogP) is 5.40. The van der Waals surface area contributed by atoms with Gasteiger partial charge in [-0.25, -0.2) is 4.39 Å². The first-order valence-corrected chi connectivity index (χ1v) is 8.35. The second-order valence-corrected chi connectivity index (χ2v) is 6.80. The summed E-state index contributed by atoms with van der Waals surface area (Å²) >= 11 is 6.72. The molecular weight excluding hydrogens is 401 g/mol. The van der Waals surface area contributed by atoms with Crippen LogP contribution in [0.15, 0.2) is 45.3 Å². The molecule has 0 aromatic heterocycles. The number of halogens is 3. The second kappa shape index (κ2) is 6.46. The molecule has 0 saturated heterocycles. The zero-order chi connectivity index (χ0) is 14.8. The number of benzene rings is 2. The summed E-state index contributed by atoms with van der Waals surface area (Å²) in [7, 11) is 0. The van der Waals surface area contributed by atoms with Crippen LogP contribution in [-0.2, 0) is 6.54 Å². The SMILES string of the molecule is Fc1ccc(Oc2ccc(CNC3CC3)c(Br)c2)cc1Br. The highest BCUT2D eigenvalue weighted by Crippen LogP contribution is 2.30. The lowest BCUT2D eigenvalue weighted by molar-refractivity contribution is 0.479. The van der Waals surface area contributed by atoms with E-state index in [0.29, 0.717) is 16.3 Å². The number of ether oxygens (including phenoxy) is 1. The predicted molar refractivity (Wildman–Crippen MR) is 88.2 cm³/mol. The Labute approximate surface area is 140 Å². The minimum Gasteiger partial charge on any atom is -0.457 e. The third-order valence-corrected chi connectivity index (χ3v) is 4.66. The molecule has 2 aromatic rings. The van der Waals surface area contributed by atoms with E-state index in [2.05, 4.69) is 37.2 Å². The molecule has 2 aromatic carbocycles. The highest BCUT2D eigenvalue weighted by molar-refractivity contribution is 9.10. The first-order chi connectivity index (χ1) is 10.1. The molecule has 0 unspecified atom stereocenters. The van der Waals surface area contributed by atoms with E-state index in [1.807, 2.05) is 18.2 Å². The fourth-order valence-electron chi connectivity index (χ4n) is 1.95. The van der Waals surface area contributed by atoms with Crippen LogP contribution in [0, 0.1) is 5.82 Å². The van der Waals surface area contributed by atoms with E-state index in [4.69, 9.17) is 4.74 Å². The molecule has 0 bridgehead atoms. The summed E-state index contributed by atoms with van der Waals surface area (Å²) in [4.78, 5) is 0. The topological polar surface area (TPSA) is 21.3 Å². The van der Waals surface area contributed by atoms with Crippen LogP contribution in [0.5, 0.6) is 11.5 Å². The fourth-order valence-corrected chi connectivity index (χ4v) is 2.81. The van der Waals surface area contributed by atoms with Crippen molar-refractivity contribution in [3.8, 4) is 11.5 Å². The maximum atomic E-state index is 13.2. The summed E-state index contributed by atoms with van der Waals surface area (Å²) in [6.45, 7) is 0.855. The maximum Gasteiger partial charge on any atom is 0.137 e. The van der Waals surface area contributed by atoms with Crippen LogP contribution in [0.4, 0.5) is 4.39 Å². The Morgan fingerprint density at radius 3 is 2.33 bits per heavy atom. The van der Waals surface area contributed by atoms with Gasteiger partial charge in [0.15, 0.2) is 0 Å². The highest BCUT2D eigenvalue weighted by atomic mass is 79.9. The van der Waals surface area contributed by atoms with Crippen molar-refractivity contribution in [1.29, 1.82) is 0 Å². The molecule has 0 amide bonds. The van der Waals surface area contributed by atoms with E-state index < -0.39 is 0 Å². The van der Waals surface area contributed by atoms with Gasteiger partial charge in [0.05, 0.1) is 4.47 Å². The molecule has 21 heavy (non-hydrogen) atoms. The average molecular weight is 415 g/mol. The van der Waals surface area contributed by atoms with E-state index in [-0.39, 0.29) is 5.82 Å². The minimum absolute atomic E-state index is 0.301. The summed E-state index contributed by atoms with van der Waals surface area (Å²) in [6.07, 6.45) is 2.55. The summed E-state index contributed by atoms with van der Waals surface area (Å²) in [5.41, 5.74) is 1.20. The van der Waals surface area contributed by atoms with Gasteiger partial charge in [-0.2, -0.15) is 0 Å². The molecule has 3 rings (SSSR count). The van der Waals surface area contributed by atoms with E-state index in [1.54, 1.807) is 12.1 Å². The molecule has 110 valence electrons. The van der Waals surface area contributed by atoms with E-state index >= 15 is 0 Å². The Morgan fingerprint density at radius 2 is 1.71 bits per heavy atom. The normalized spacial score (nSPS) is 14.2. The Kier molecular flexibility index (Phi) is 4.62. The van der Waals surface area contributed by atoms with Crippen LogP contribution in [-0.4, -0.2) is 6.04 Å². The molecule has 1 aliphatic carbocycles. The van der Waals surface area contributed by atoms with Gasteiger partial charge in [-0.3, -0.25) is 0 Å². The summed E-state index contributed by atoms with van der Waals surface area (Å²) in [5.74, 6) is 1.01. The number of hydrogen-bond donors (Lipinski definition) is 1. The Bertz CT molecular complexity index is 659. The molecule has 1 saturated carbocycles. The molecule has 0 radical (unpaired) electrons. The molecule has 0 atom stereocenters. The van der Waals surface area contributed by atoms with Crippen LogP contribution in [0.1, 0.15) is 18.4 Å². The van der Waals surface area contributed by atoms with Crippen molar-refractivity contribution < 1.29 is 9.13 Å². The molecule has 0 heterocycles. The van der Waals surface area contributed by atoms with Gasteiger partial charge in [0.25, 0.3) is 0 Å². The van der Waals surface area contributed by atoms with Gasteiger partial charge in [0.1, 0.15) is 17.3 Å². The highest BCUT2D eigenvalue weighted by Gasteiger charge is 2.20. The standard InChI is InChI=1S/C16H14Br2FNO/c17-14-7-12(4-1-10(14)9-20-11-2-3-11)21-13-5-6-16(19)15(18)8-13/h1,4-8,11,20H,2-3,9H2.